The normalized spacial score (nSPS) is 14.7. The van der Waals surface area contributed by atoms with Crippen molar-refractivity contribution in [1.29, 1.82) is 0 Å². The fourth-order valence-electron chi connectivity index (χ4n) is 3.61. The van der Waals surface area contributed by atoms with Crippen LogP contribution in [0.15, 0.2) is 24.4 Å². The number of carbonyl (C=O) groups excluding carboxylic acids is 1. The predicted octanol–water partition coefficient (Wildman–Crippen LogP) is 2.42. The molecule has 1 fully saturated rings. The van der Waals surface area contributed by atoms with E-state index in [2.05, 4.69) is 10.00 Å². The van der Waals surface area contributed by atoms with Crippen molar-refractivity contribution in [3.8, 4) is 11.6 Å². The Hall–Kier alpha value is -2.69. The lowest BCUT2D eigenvalue weighted by Gasteiger charge is -2.27. The number of nitrogens with zero attached hydrogens (tertiary/aromatic N) is 5. The fraction of sp³-hybridized carbons (Fsp3) is 0.476. The van der Waals surface area contributed by atoms with E-state index >= 15 is 0 Å². The average Bonchev–Trinajstić information content (AvgIpc) is 3.39. The second kappa shape index (κ2) is 9.63. The third kappa shape index (κ3) is 4.81. The van der Waals surface area contributed by atoms with Crippen molar-refractivity contribution in [3.05, 3.63) is 30.0 Å². The number of morpholine rings is 1. The molecular weight excluding hydrogens is 418 g/mol. The van der Waals surface area contributed by atoms with Crippen LogP contribution in [0.1, 0.15) is 16.8 Å². The van der Waals surface area contributed by atoms with Gasteiger partial charge in [0.15, 0.2) is 5.13 Å². The molecule has 31 heavy (non-hydrogen) atoms. The number of rotatable bonds is 8. The molecular formula is C21H27N5O4S. The van der Waals surface area contributed by atoms with Crippen molar-refractivity contribution < 1.29 is 19.0 Å². The van der Waals surface area contributed by atoms with E-state index in [9.17, 15) is 4.79 Å². The number of methoxy groups -OCH3 is 2. The largest absolute Gasteiger partial charge is 0.497 e. The Morgan fingerprint density at radius 1 is 1.26 bits per heavy atom. The minimum Gasteiger partial charge on any atom is -0.497 e. The molecule has 0 radical (unpaired) electrons. The lowest BCUT2D eigenvalue weighted by Crippen LogP contribution is -2.39. The molecule has 10 heteroatoms. The Balaban J connectivity index is 1.60. The van der Waals surface area contributed by atoms with Crippen molar-refractivity contribution in [2.75, 3.05) is 58.5 Å². The molecule has 1 saturated heterocycles. The smallest absolute Gasteiger partial charge is 0.267 e. The minimum atomic E-state index is -0.169. The van der Waals surface area contributed by atoms with Crippen LogP contribution in [-0.2, 0) is 11.8 Å². The van der Waals surface area contributed by atoms with Gasteiger partial charge in [0, 0.05) is 45.5 Å². The summed E-state index contributed by atoms with van der Waals surface area (Å²) >= 11 is 1.49. The van der Waals surface area contributed by atoms with Crippen LogP contribution in [0.5, 0.6) is 11.6 Å². The van der Waals surface area contributed by atoms with E-state index in [0.29, 0.717) is 23.1 Å². The number of amides is 1. The van der Waals surface area contributed by atoms with Crippen LogP contribution >= 0.6 is 11.3 Å². The number of carbonyl (C=O) groups is 1. The van der Waals surface area contributed by atoms with Gasteiger partial charge in [0.05, 0.1) is 37.6 Å². The monoisotopic (exact) mass is 445 g/mol. The maximum absolute atomic E-state index is 13.5. The van der Waals surface area contributed by atoms with E-state index in [1.54, 1.807) is 29.9 Å². The van der Waals surface area contributed by atoms with Crippen molar-refractivity contribution >= 4 is 32.6 Å². The van der Waals surface area contributed by atoms with Crippen molar-refractivity contribution in [3.63, 3.8) is 0 Å². The lowest BCUT2D eigenvalue weighted by molar-refractivity contribution is 0.0376. The van der Waals surface area contributed by atoms with Gasteiger partial charge in [-0.2, -0.15) is 0 Å². The van der Waals surface area contributed by atoms with Crippen LogP contribution in [0.4, 0.5) is 5.13 Å². The number of anilines is 1. The van der Waals surface area contributed by atoms with Gasteiger partial charge in [-0.1, -0.05) is 11.3 Å². The molecule has 3 aromatic rings. The molecule has 0 atom stereocenters. The molecule has 0 unspecified atom stereocenters. The average molecular weight is 446 g/mol. The highest BCUT2D eigenvalue weighted by atomic mass is 32.1. The molecule has 166 valence electrons. The Kier molecular flexibility index (Phi) is 6.69. The number of hydrogen-bond donors (Lipinski definition) is 0. The highest BCUT2D eigenvalue weighted by Crippen LogP contribution is 2.32. The van der Waals surface area contributed by atoms with Crippen LogP contribution in [0.25, 0.3) is 10.2 Å². The zero-order valence-corrected chi connectivity index (χ0v) is 18.9. The fourth-order valence-corrected chi connectivity index (χ4v) is 4.58. The number of benzene rings is 1. The van der Waals surface area contributed by atoms with Gasteiger partial charge < -0.3 is 14.2 Å². The van der Waals surface area contributed by atoms with Crippen LogP contribution < -0.4 is 14.4 Å². The van der Waals surface area contributed by atoms with Crippen molar-refractivity contribution in [1.82, 2.24) is 19.7 Å². The van der Waals surface area contributed by atoms with Crippen molar-refractivity contribution in [2.45, 2.75) is 6.42 Å². The second-order valence-corrected chi connectivity index (χ2v) is 8.33. The number of thiazole rings is 1. The summed E-state index contributed by atoms with van der Waals surface area (Å²) in [7, 11) is 4.92. The maximum atomic E-state index is 13.5. The van der Waals surface area contributed by atoms with E-state index < -0.39 is 0 Å². The highest BCUT2D eigenvalue weighted by Gasteiger charge is 2.26. The van der Waals surface area contributed by atoms with Gasteiger partial charge >= 0.3 is 0 Å². The molecule has 1 aromatic carbocycles. The van der Waals surface area contributed by atoms with Gasteiger partial charge in [0.1, 0.15) is 11.3 Å². The SMILES string of the molecule is COc1ccc2sc(N(CCCN3CCOCC3)C(=O)c3cn(C)nc3OC)nc2c1. The van der Waals surface area contributed by atoms with E-state index in [0.717, 1.165) is 55.2 Å². The summed E-state index contributed by atoms with van der Waals surface area (Å²) in [5.41, 5.74) is 1.23. The summed E-state index contributed by atoms with van der Waals surface area (Å²) in [4.78, 5) is 22.4. The first-order valence-electron chi connectivity index (χ1n) is 10.2. The number of hydrogen-bond acceptors (Lipinski definition) is 8. The number of fused-ring (bicyclic) bond motifs is 1. The van der Waals surface area contributed by atoms with E-state index in [-0.39, 0.29) is 5.91 Å². The molecule has 4 rings (SSSR count). The molecule has 2 aromatic heterocycles. The first-order valence-corrected chi connectivity index (χ1v) is 11.0. The van der Waals surface area contributed by atoms with Gasteiger partial charge in [-0.15, -0.1) is 5.10 Å². The molecule has 0 N–H and O–H groups in total. The summed E-state index contributed by atoms with van der Waals surface area (Å²) < 4.78 is 18.7. The molecule has 9 nitrogen and oxygen atoms in total. The van der Waals surface area contributed by atoms with Crippen LogP contribution in [0.2, 0.25) is 0 Å². The third-order valence-corrected chi connectivity index (χ3v) is 6.30. The molecule has 0 aliphatic carbocycles. The zero-order chi connectivity index (χ0) is 21.8. The minimum absolute atomic E-state index is 0.169. The maximum Gasteiger partial charge on any atom is 0.267 e. The van der Waals surface area contributed by atoms with Crippen LogP contribution in [0, 0.1) is 0 Å². The van der Waals surface area contributed by atoms with Crippen LogP contribution in [0.3, 0.4) is 0 Å². The van der Waals surface area contributed by atoms with E-state index in [4.69, 9.17) is 19.2 Å². The quantitative estimate of drug-likeness (QED) is 0.527. The number of ether oxygens (including phenoxy) is 3. The zero-order valence-electron chi connectivity index (χ0n) is 18.0. The number of aryl methyl sites for hydroxylation is 1. The second-order valence-electron chi connectivity index (χ2n) is 7.32. The summed E-state index contributed by atoms with van der Waals surface area (Å²) in [5.74, 6) is 0.884. The van der Waals surface area contributed by atoms with Crippen LogP contribution in [-0.4, -0.2) is 79.2 Å². The Morgan fingerprint density at radius 2 is 2.06 bits per heavy atom. The molecule has 1 aliphatic rings. The first-order chi connectivity index (χ1) is 15.1. The molecule has 1 aliphatic heterocycles. The topological polar surface area (TPSA) is 82.0 Å². The van der Waals surface area contributed by atoms with E-state index in [1.165, 1.54) is 18.4 Å². The molecule has 0 saturated carbocycles. The highest BCUT2D eigenvalue weighted by molar-refractivity contribution is 7.22. The summed E-state index contributed by atoms with van der Waals surface area (Å²) in [6.45, 7) is 4.81. The van der Waals surface area contributed by atoms with Gasteiger partial charge in [-0.25, -0.2) is 4.98 Å². The van der Waals surface area contributed by atoms with E-state index in [1.807, 2.05) is 18.2 Å². The molecule has 0 spiro atoms. The summed E-state index contributed by atoms with van der Waals surface area (Å²) in [6.07, 6.45) is 2.51. The Morgan fingerprint density at radius 3 is 2.81 bits per heavy atom. The van der Waals surface area contributed by atoms with Gasteiger partial charge in [0.2, 0.25) is 5.88 Å². The molecule has 1 amide bonds. The first kappa shape index (κ1) is 21.5. The van der Waals surface area contributed by atoms with Gasteiger partial charge in [-0.3, -0.25) is 19.3 Å². The standard InChI is InChI=1S/C21H27N5O4S/c1-24-14-16(19(23-24)29-3)20(27)26(8-4-7-25-9-11-30-12-10-25)21-22-17-13-15(28-2)5-6-18(17)31-21/h5-6,13-14H,4,7-12H2,1-3H3. The van der Waals surface area contributed by atoms with Crippen molar-refractivity contribution in [2.24, 2.45) is 7.05 Å². The summed E-state index contributed by atoms with van der Waals surface area (Å²) in [5, 5.41) is 4.89. The van der Waals surface area contributed by atoms with Gasteiger partial charge in [-0.05, 0) is 18.6 Å². The summed E-state index contributed by atoms with van der Waals surface area (Å²) in [6, 6.07) is 5.76. The van der Waals surface area contributed by atoms with Gasteiger partial charge in [0.25, 0.3) is 5.91 Å². The molecule has 3 heterocycles. The Labute approximate surface area is 185 Å². The third-order valence-electron chi connectivity index (χ3n) is 5.24. The number of aromatic nitrogens is 3. The lowest BCUT2D eigenvalue weighted by atomic mass is 10.2. The Bertz CT molecular complexity index is 1040. The molecule has 0 bridgehead atoms. The predicted molar refractivity (Wildman–Crippen MR) is 119 cm³/mol.